The number of nitrogens with one attached hydrogen (secondary N) is 2. The molecule has 1 aromatic heterocycles. The molecular formula is C11H15N5. The zero-order chi connectivity index (χ0) is 12.0. The van der Waals surface area contributed by atoms with Crippen molar-refractivity contribution < 1.29 is 0 Å². The number of rotatable bonds is 4. The standard InChI is InChI=1S/C11H15N5/c1-4-9(16-12)10-7-14-11(15-10)8(3)6-13-5-2/h4-7,12H,1-3H3,(H,14,15)/b8-6+,9-4-,13-5-,16-12?. The first-order chi connectivity index (χ1) is 7.72. The van der Waals surface area contributed by atoms with Crippen LogP contribution in [0.15, 0.2) is 28.6 Å². The quantitative estimate of drug-likeness (QED) is 0.589. The molecule has 1 aromatic rings. The number of aliphatic imine (C=N–C) groups is 1. The predicted molar refractivity (Wildman–Crippen MR) is 65.2 cm³/mol. The lowest BCUT2D eigenvalue weighted by Crippen LogP contribution is -1.84. The molecule has 0 radical (unpaired) electrons. The Morgan fingerprint density at radius 1 is 1.50 bits per heavy atom. The lowest BCUT2D eigenvalue weighted by Gasteiger charge is -1.93. The van der Waals surface area contributed by atoms with Gasteiger partial charge >= 0.3 is 0 Å². The highest BCUT2D eigenvalue weighted by atomic mass is 15.0. The minimum absolute atomic E-state index is 0.550. The van der Waals surface area contributed by atoms with Gasteiger partial charge in [-0.25, -0.2) is 10.5 Å². The van der Waals surface area contributed by atoms with Gasteiger partial charge in [0.15, 0.2) is 0 Å². The summed E-state index contributed by atoms with van der Waals surface area (Å²) in [4.78, 5) is 11.4. The molecule has 1 heterocycles. The number of aromatic nitrogens is 2. The van der Waals surface area contributed by atoms with Crippen molar-refractivity contribution in [3.8, 4) is 0 Å². The van der Waals surface area contributed by atoms with Crippen molar-refractivity contribution in [3.05, 3.63) is 30.0 Å². The zero-order valence-corrected chi connectivity index (χ0v) is 9.65. The van der Waals surface area contributed by atoms with Gasteiger partial charge in [0, 0.05) is 24.2 Å². The first-order valence-corrected chi connectivity index (χ1v) is 4.97. The molecule has 0 atom stereocenters. The molecular weight excluding hydrogens is 202 g/mol. The molecule has 0 saturated heterocycles. The number of imidazole rings is 1. The maximum absolute atomic E-state index is 6.99. The van der Waals surface area contributed by atoms with E-state index in [0.29, 0.717) is 11.4 Å². The Hall–Kier alpha value is -2.04. The Kier molecular flexibility index (Phi) is 4.32. The minimum Gasteiger partial charge on any atom is -0.344 e. The highest BCUT2D eigenvalue weighted by Crippen LogP contribution is 2.16. The fourth-order valence-corrected chi connectivity index (χ4v) is 1.17. The van der Waals surface area contributed by atoms with Gasteiger partial charge in [0.2, 0.25) is 0 Å². The summed E-state index contributed by atoms with van der Waals surface area (Å²) in [5.74, 6) is 0.739. The summed E-state index contributed by atoms with van der Waals surface area (Å²) in [5.41, 5.74) is 9.14. The molecule has 0 aromatic carbocycles. The van der Waals surface area contributed by atoms with Crippen molar-refractivity contribution in [2.75, 3.05) is 0 Å². The summed E-state index contributed by atoms with van der Waals surface area (Å²) in [6.07, 6.45) is 6.92. The SMILES string of the molecule is C/C=N\C=C(/C)c1nc(/C(=C/C)N=N)c[nH]1. The van der Waals surface area contributed by atoms with E-state index in [2.05, 4.69) is 20.1 Å². The molecule has 0 bridgehead atoms. The van der Waals surface area contributed by atoms with Crippen LogP contribution in [0.5, 0.6) is 0 Å². The fraction of sp³-hybridized carbons (Fsp3) is 0.273. The van der Waals surface area contributed by atoms with Crippen LogP contribution in [0.2, 0.25) is 0 Å². The average molecular weight is 217 g/mol. The third-order valence-electron chi connectivity index (χ3n) is 2.02. The number of hydrogen-bond acceptors (Lipinski definition) is 4. The van der Waals surface area contributed by atoms with Crippen LogP contribution in [-0.2, 0) is 0 Å². The fourth-order valence-electron chi connectivity index (χ4n) is 1.17. The Morgan fingerprint density at radius 2 is 2.25 bits per heavy atom. The molecule has 0 aliphatic carbocycles. The molecule has 0 unspecified atom stereocenters. The first-order valence-electron chi connectivity index (χ1n) is 4.97. The van der Waals surface area contributed by atoms with E-state index in [4.69, 9.17) is 5.53 Å². The molecule has 5 nitrogen and oxygen atoms in total. The largest absolute Gasteiger partial charge is 0.344 e. The minimum atomic E-state index is 0.550. The van der Waals surface area contributed by atoms with Crippen LogP contribution in [0.4, 0.5) is 0 Å². The van der Waals surface area contributed by atoms with Crippen LogP contribution in [0.3, 0.4) is 0 Å². The van der Waals surface area contributed by atoms with Crippen molar-refractivity contribution in [1.29, 1.82) is 5.53 Å². The van der Waals surface area contributed by atoms with Gasteiger partial charge < -0.3 is 4.98 Å². The van der Waals surface area contributed by atoms with Gasteiger partial charge in [0.25, 0.3) is 0 Å². The van der Waals surface area contributed by atoms with E-state index in [-0.39, 0.29) is 0 Å². The van der Waals surface area contributed by atoms with Gasteiger partial charge in [-0.3, -0.25) is 4.99 Å². The third kappa shape index (κ3) is 2.73. The Labute approximate surface area is 94.5 Å². The Morgan fingerprint density at radius 3 is 2.81 bits per heavy atom. The van der Waals surface area contributed by atoms with Gasteiger partial charge in [-0.15, -0.1) is 0 Å². The Bertz CT molecular complexity index is 451. The summed E-state index contributed by atoms with van der Waals surface area (Å²) in [5, 5.41) is 3.39. The van der Waals surface area contributed by atoms with E-state index < -0.39 is 0 Å². The summed E-state index contributed by atoms with van der Waals surface area (Å²) in [7, 11) is 0. The van der Waals surface area contributed by atoms with Gasteiger partial charge in [-0.05, 0) is 20.8 Å². The molecule has 1 rings (SSSR count). The number of allylic oxidation sites excluding steroid dienone is 2. The summed E-state index contributed by atoms with van der Waals surface area (Å²) in [6, 6.07) is 0. The van der Waals surface area contributed by atoms with Gasteiger partial charge in [0.05, 0.1) is 0 Å². The van der Waals surface area contributed by atoms with Gasteiger partial charge in [-0.1, -0.05) is 6.08 Å². The molecule has 0 aliphatic heterocycles. The highest BCUT2D eigenvalue weighted by molar-refractivity contribution is 5.65. The van der Waals surface area contributed by atoms with E-state index in [0.717, 1.165) is 11.4 Å². The summed E-state index contributed by atoms with van der Waals surface area (Å²) in [6.45, 7) is 5.60. The molecule has 5 heteroatoms. The van der Waals surface area contributed by atoms with Crippen molar-refractivity contribution in [3.63, 3.8) is 0 Å². The maximum Gasteiger partial charge on any atom is 0.135 e. The number of aromatic amines is 1. The molecule has 0 aliphatic rings. The topological polar surface area (TPSA) is 77.2 Å². The van der Waals surface area contributed by atoms with Crippen LogP contribution >= 0.6 is 0 Å². The Balaban J connectivity index is 2.99. The van der Waals surface area contributed by atoms with Crippen molar-refractivity contribution in [2.45, 2.75) is 20.8 Å². The van der Waals surface area contributed by atoms with E-state index in [1.807, 2.05) is 20.8 Å². The van der Waals surface area contributed by atoms with Crippen molar-refractivity contribution >= 4 is 17.5 Å². The molecule has 0 fully saturated rings. The van der Waals surface area contributed by atoms with Crippen LogP contribution < -0.4 is 0 Å². The number of hydrogen-bond donors (Lipinski definition) is 2. The maximum atomic E-state index is 6.99. The number of H-pyrrole nitrogens is 1. The second kappa shape index (κ2) is 5.75. The van der Waals surface area contributed by atoms with Crippen LogP contribution in [0, 0.1) is 5.53 Å². The molecule has 0 amide bonds. The summed E-state index contributed by atoms with van der Waals surface area (Å²) >= 11 is 0. The predicted octanol–water partition coefficient (Wildman–Crippen LogP) is 3.25. The molecule has 16 heavy (non-hydrogen) atoms. The second-order valence-electron chi connectivity index (χ2n) is 3.14. The van der Waals surface area contributed by atoms with E-state index in [1.54, 1.807) is 24.7 Å². The monoisotopic (exact) mass is 217 g/mol. The first kappa shape index (κ1) is 12.0. The van der Waals surface area contributed by atoms with Crippen LogP contribution in [0.25, 0.3) is 11.3 Å². The van der Waals surface area contributed by atoms with Crippen molar-refractivity contribution in [1.82, 2.24) is 9.97 Å². The molecule has 84 valence electrons. The molecule has 0 spiro atoms. The summed E-state index contributed by atoms with van der Waals surface area (Å²) < 4.78 is 0. The normalized spacial score (nSPS) is 13.4. The lowest BCUT2D eigenvalue weighted by molar-refractivity contribution is 1.13. The van der Waals surface area contributed by atoms with Crippen LogP contribution in [-0.4, -0.2) is 16.2 Å². The van der Waals surface area contributed by atoms with Crippen LogP contribution in [0.1, 0.15) is 32.3 Å². The highest BCUT2D eigenvalue weighted by Gasteiger charge is 2.06. The lowest BCUT2D eigenvalue weighted by atomic mass is 10.3. The van der Waals surface area contributed by atoms with E-state index >= 15 is 0 Å². The third-order valence-corrected chi connectivity index (χ3v) is 2.02. The molecule has 2 N–H and O–H groups in total. The second-order valence-corrected chi connectivity index (χ2v) is 3.14. The van der Waals surface area contributed by atoms with E-state index in [9.17, 15) is 0 Å². The molecule has 0 saturated carbocycles. The average Bonchev–Trinajstić information content (AvgIpc) is 2.77. The smallest absolute Gasteiger partial charge is 0.135 e. The van der Waals surface area contributed by atoms with Gasteiger partial charge in [0.1, 0.15) is 17.2 Å². The zero-order valence-electron chi connectivity index (χ0n) is 9.65. The van der Waals surface area contributed by atoms with E-state index in [1.165, 1.54) is 0 Å². The number of nitrogens with zero attached hydrogens (tertiary/aromatic N) is 3. The van der Waals surface area contributed by atoms with Gasteiger partial charge in [-0.2, -0.15) is 5.11 Å². The van der Waals surface area contributed by atoms with Crippen molar-refractivity contribution in [2.24, 2.45) is 10.1 Å².